The first-order valence-corrected chi connectivity index (χ1v) is 12.6. The van der Waals surface area contributed by atoms with Crippen LogP contribution >= 0.6 is 11.3 Å². The summed E-state index contributed by atoms with van der Waals surface area (Å²) in [5.74, 6) is 0. The number of anilines is 1. The Labute approximate surface area is 191 Å². The second-order valence-corrected chi connectivity index (χ2v) is 10.6. The van der Waals surface area contributed by atoms with Crippen molar-refractivity contribution < 1.29 is 13.3 Å². The molecule has 10 heteroatoms. The molecule has 2 aromatic carbocycles. The second-order valence-electron chi connectivity index (χ2n) is 7.87. The number of thiazole rings is 1. The SMILES string of the molecule is Cc1ccc(C)c(Cc2csc(N3CCN(S(=O)(=O)c4cccc([N+](=O)[O-])c4)CC3)n2)c1. The van der Waals surface area contributed by atoms with Crippen LogP contribution in [0.4, 0.5) is 10.8 Å². The van der Waals surface area contributed by atoms with Gasteiger partial charge >= 0.3 is 0 Å². The van der Waals surface area contributed by atoms with E-state index in [9.17, 15) is 18.5 Å². The van der Waals surface area contributed by atoms with E-state index in [1.54, 1.807) is 11.3 Å². The molecule has 0 spiro atoms. The Morgan fingerprint density at radius 1 is 1.09 bits per heavy atom. The number of aryl methyl sites for hydroxylation is 2. The molecule has 168 valence electrons. The smallest absolute Gasteiger partial charge is 0.270 e. The van der Waals surface area contributed by atoms with Gasteiger partial charge in [-0.2, -0.15) is 4.31 Å². The number of rotatable bonds is 6. The van der Waals surface area contributed by atoms with Crippen LogP contribution in [0.2, 0.25) is 0 Å². The Bertz CT molecular complexity index is 1250. The van der Waals surface area contributed by atoms with Crippen molar-refractivity contribution in [1.29, 1.82) is 0 Å². The van der Waals surface area contributed by atoms with Gasteiger partial charge in [0.1, 0.15) is 0 Å². The molecule has 1 saturated heterocycles. The van der Waals surface area contributed by atoms with E-state index in [1.165, 1.54) is 39.2 Å². The highest BCUT2D eigenvalue weighted by Crippen LogP contribution is 2.27. The van der Waals surface area contributed by atoms with Crippen molar-refractivity contribution in [2.24, 2.45) is 0 Å². The highest BCUT2D eigenvalue weighted by atomic mass is 32.2. The lowest BCUT2D eigenvalue weighted by molar-refractivity contribution is -0.385. The Balaban J connectivity index is 1.42. The fraction of sp³-hybridized carbons (Fsp3) is 0.318. The first-order chi connectivity index (χ1) is 15.2. The molecule has 3 aromatic rings. The van der Waals surface area contributed by atoms with Crippen LogP contribution in [0.1, 0.15) is 22.4 Å². The van der Waals surface area contributed by atoms with E-state index in [2.05, 4.69) is 42.3 Å². The number of hydrogen-bond donors (Lipinski definition) is 0. The molecule has 8 nitrogen and oxygen atoms in total. The van der Waals surface area contributed by atoms with Gasteiger partial charge in [-0.15, -0.1) is 11.3 Å². The Morgan fingerprint density at radius 2 is 1.84 bits per heavy atom. The first kappa shape index (κ1) is 22.4. The van der Waals surface area contributed by atoms with Gasteiger partial charge in [-0.05, 0) is 31.0 Å². The zero-order valence-electron chi connectivity index (χ0n) is 17.9. The quantitative estimate of drug-likeness (QED) is 0.400. The minimum absolute atomic E-state index is 0.0507. The Hall–Kier alpha value is -2.82. The van der Waals surface area contributed by atoms with Gasteiger partial charge in [-0.3, -0.25) is 10.1 Å². The summed E-state index contributed by atoms with van der Waals surface area (Å²) in [5.41, 5.74) is 4.50. The molecule has 32 heavy (non-hydrogen) atoms. The number of non-ortho nitro benzene ring substituents is 1. The summed E-state index contributed by atoms with van der Waals surface area (Å²) in [4.78, 5) is 17.2. The van der Waals surface area contributed by atoms with Crippen molar-refractivity contribution in [3.8, 4) is 0 Å². The maximum atomic E-state index is 12.9. The van der Waals surface area contributed by atoms with Gasteiger partial charge in [0, 0.05) is 50.1 Å². The van der Waals surface area contributed by atoms with Crippen LogP contribution < -0.4 is 4.90 Å². The van der Waals surface area contributed by atoms with Crippen LogP contribution in [0.25, 0.3) is 0 Å². The summed E-state index contributed by atoms with van der Waals surface area (Å²) in [5, 5.41) is 13.9. The van der Waals surface area contributed by atoms with Crippen LogP contribution in [-0.4, -0.2) is 48.8 Å². The third kappa shape index (κ3) is 4.67. The van der Waals surface area contributed by atoms with Gasteiger partial charge in [0.15, 0.2) is 5.13 Å². The van der Waals surface area contributed by atoms with Crippen molar-refractivity contribution in [2.45, 2.75) is 25.2 Å². The predicted octanol–water partition coefficient (Wildman–Crippen LogP) is 3.77. The Kier molecular flexibility index (Phi) is 6.27. The van der Waals surface area contributed by atoms with Crippen LogP contribution in [-0.2, 0) is 16.4 Å². The lowest BCUT2D eigenvalue weighted by Crippen LogP contribution is -2.48. The zero-order valence-corrected chi connectivity index (χ0v) is 19.5. The van der Waals surface area contributed by atoms with Gasteiger partial charge in [-0.1, -0.05) is 29.8 Å². The summed E-state index contributed by atoms with van der Waals surface area (Å²) >= 11 is 1.57. The number of piperazine rings is 1. The van der Waals surface area contributed by atoms with Crippen LogP contribution in [0, 0.1) is 24.0 Å². The Morgan fingerprint density at radius 3 is 2.56 bits per heavy atom. The molecule has 0 bridgehead atoms. The average molecular weight is 473 g/mol. The zero-order chi connectivity index (χ0) is 22.9. The molecule has 0 aliphatic carbocycles. The van der Waals surface area contributed by atoms with E-state index in [-0.39, 0.29) is 10.6 Å². The van der Waals surface area contributed by atoms with Gasteiger partial charge in [0.2, 0.25) is 10.0 Å². The maximum Gasteiger partial charge on any atom is 0.270 e. The van der Waals surface area contributed by atoms with Crippen molar-refractivity contribution in [2.75, 3.05) is 31.1 Å². The number of nitro groups is 1. The van der Waals surface area contributed by atoms with Crippen molar-refractivity contribution in [3.63, 3.8) is 0 Å². The molecule has 1 aliphatic heterocycles. The van der Waals surface area contributed by atoms with Gasteiger partial charge < -0.3 is 4.90 Å². The van der Waals surface area contributed by atoms with Crippen LogP contribution in [0.15, 0.2) is 52.7 Å². The van der Waals surface area contributed by atoms with E-state index in [0.29, 0.717) is 26.2 Å². The summed E-state index contributed by atoms with van der Waals surface area (Å²) < 4.78 is 27.3. The van der Waals surface area contributed by atoms with E-state index < -0.39 is 14.9 Å². The molecule has 4 rings (SSSR count). The van der Waals surface area contributed by atoms with E-state index in [0.717, 1.165) is 23.3 Å². The summed E-state index contributed by atoms with van der Waals surface area (Å²) in [6.45, 7) is 5.82. The second kappa shape index (κ2) is 8.97. The molecule has 0 amide bonds. The van der Waals surface area contributed by atoms with Crippen molar-refractivity contribution in [1.82, 2.24) is 9.29 Å². The fourth-order valence-corrected chi connectivity index (χ4v) is 6.08. The third-order valence-corrected chi connectivity index (χ3v) is 8.44. The number of sulfonamides is 1. The molecule has 0 N–H and O–H groups in total. The van der Waals surface area contributed by atoms with E-state index in [4.69, 9.17) is 4.98 Å². The number of nitrogens with zero attached hydrogens (tertiary/aromatic N) is 4. The van der Waals surface area contributed by atoms with Gasteiger partial charge in [-0.25, -0.2) is 13.4 Å². The molecule has 0 unspecified atom stereocenters. The summed E-state index contributed by atoms with van der Waals surface area (Å²) in [7, 11) is -3.78. The van der Waals surface area contributed by atoms with Crippen molar-refractivity contribution in [3.05, 3.63) is 80.3 Å². The van der Waals surface area contributed by atoms with E-state index in [1.807, 2.05) is 0 Å². The molecular weight excluding hydrogens is 448 g/mol. The topological polar surface area (TPSA) is 96.7 Å². The van der Waals surface area contributed by atoms with Gasteiger partial charge in [0.05, 0.1) is 15.5 Å². The fourth-order valence-electron chi connectivity index (χ4n) is 3.73. The largest absolute Gasteiger partial charge is 0.345 e. The molecule has 1 fully saturated rings. The molecule has 1 aromatic heterocycles. The molecular formula is C22H24N4O4S2. The minimum Gasteiger partial charge on any atom is -0.345 e. The number of aromatic nitrogens is 1. The lowest BCUT2D eigenvalue weighted by atomic mass is 10.0. The molecule has 0 saturated carbocycles. The van der Waals surface area contributed by atoms with E-state index >= 15 is 0 Å². The maximum absolute atomic E-state index is 12.9. The normalized spacial score (nSPS) is 15.1. The number of nitro benzene ring substituents is 1. The lowest BCUT2D eigenvalue weighted by Gasteiger charge is -2.33. The van der Waals surface area contributed by atoms with Crippen LogP contribution in [0.3, 0.4) is 0 Å². The summed E-state index contributed by atoms with van der Waals surface area (Å²) in [6, 6.07) is 11.6. The molecule has 1 aliphatic rings. The standard InChI is InChI=1S/C22H24N4O4S2/c1-16-6-7-17(2)18(12-16)13-19-15-31-22(23-19)24-8-10-25(11-9-24)32(29,30)21-5-3-4-20(14-21)26(27)28/h3-7,12,14-15H,8-11,13H2,1-2H3. The highest BCUT2D eigenvalue weighted by Gasteiger charge is 2.30. The number of hydrogen-bond acceptors (Lipinski definition) is 7. The van der Waals surface area contributed by atoms with Gasteiger partial charge in [0.25, 0.3) is 5.69 Å². The highest BCUT2D eigenvalue weighted by molar-refractivity contribution is 7.89. The van der Waals surface area contributed by atoms with Crippen molar-refractivity contribution >= 4 is 32.2 Å². The third-order valence-electron chi connectivity index (χ3n) is 5.59. The molecule has 2 heterocycles. The molecule has 0 atom stereocenters. The first-order valence-electron chi connectivity index (χ1n) is 10.2. The predicted molar refractivity (Wildman–Crippen MR) is 125 cm³/mol. The molecule has 0 radical (unpaired) electrons. The average Bonchev–Trinajstić information content (AvgIpc) is 3.25. The minimum atomic E-state index is -3.78. The monoisotopic (exact) mass is 472 g/mol. The number of benzene rings is 2. The summed E-state index contributed by atoms with van der Waals surface area (Å²) in [6.07, 6.45) is 0.769. The van der Waals surface area contributed by atoms with Crippen LogP contribution in [0.5, 0.6) is 0 Å².